The summed E-state index contributed by atoms with van der Waals surface area (Å²) in [7, 11) is 0. The van der Waals surface area contributed by atoms with Gasteiger partial charge in [-0.1, -0.05) is 23.7 Å². The fourth-order valence-electron chi connectivity index (χ4n) is 3.15. The fourth-order valence-corrected chi connectivity index (χ4v) is 3.34. The lowest BCUT2D eigenvalue weighted by Crippen LogP contribution is -2.44. The summed E-state index contributed by atoms with van der Waals surface area (Å²) in [6, 6.07) is 8.30. The second-order valence-electron chi connectivity index (χ2n) is 6.18. The minimum Gasteiger partial charge on any atom is -0.353 e. The van der Waals surface area contributed by atoms with E-state index in [0.29, 0.717) is 17.1 Å². The van der Waals surface area contributed by atoms with Gasteiger partial charge in [0.25, 0.3) is 0 Å². The lowest BCUT2D eigenvalue weighted by atomic mass is 9.90. The minimum absolute atomic E-state index is 0. The Morgan fingerprint density at radius 2 is 1.90 bits per heavy atom. The van der Waals surface area contributed by atoms with E-state index in [1.807, 2.05) is 24.3 Å². The number of amides is 1. The van der Waals surface area contributed by atoms with Crippen LogP contribution in [-0.4, -0.2) is 18.0 Å². The molecule has 3 N–H and O–H groups in total. The molecule has 2 aliphatic carbocycles. The van der Waals surface area contributed by atoms with Crippen LogP contribution in [0.3, 0.4) is 0 Å². The Balaban J connectivity index is 0.00000161. The summed E-state index contributed by atoms with van der Waals surface area (Å²) in [5.74, 6) is 0.167. The van der Waals surface area contributed by atoms with Gasteiger partial charge in [0, 0.05) is 17.1 Å². The average Bonchev–Trinajstić information content (AvgIpc) is 3.23. The van der Waals surface area contributed by atoms with E-state index in [1.54, 1.807) is 0 Å². The van der Waals surface area contributed by atoms with Gasteiger partial charge in [0.1, 0.15) is 0 Å². The number of hydrogen-bond acceptors (Lipinski definition) is 2. The van der Waals surface area contributed by atoms with Gasteiger partial charge in [-0.3, -0.25) is 4.79 Å². The van der Waals surface area contributed by atoms with Crippen LogP contribution in [-0.2, 0) is 10.2 Å². The monoisotopic (exact) mass is 328 g/mol. The van der Waals surface area contributed by atoms with Crippen molar-refractivity contribution in [3.8, 4) is 0 Å². The quantitative estimate of drug-likeness (QED) is 0.895. The molecule has 0 spiro atoms. The molecule has 2 saturated carbocycles. The molecule has 21 heavy (non-hydrogen) atoms. The second kappa shape index (κ2) is 6.55. The maximum Gasteiger partial charge on any atom is 0.230 e. The highest BCUT2D eigenvalue weighted by Crippen LogP contribution is 2.49. The number of carbonyl (C=O) groups excluding carboxylic acids is 1. The number of nitrogens with one attached hydrogen (secondary N) is 1. The number of carbonyl (C=O) groups is 1. The summed E-state index contributed by atoms with van der Waals surface area (Å²) >= 11 is 6.05. The minimum atomic E-state index is -0.329. The Hall–Kier alpha value is -0.770. The lowest BCUT2D eigenvalue weighted by molar-refractivity contribution is -0.124. The first-order chi connectivity index (χ1) is 9.60. The van der Waals surface area contributed by atoms with Gasteiger partial charge in [-0.15, -0.1) is 12.4 Å². The third-order valence-electron chi connectivity index (χ3n) is 4.67. The highest BCUT2D eigenvalue weighted by Gasteiger charge is 2.51. The van der Waals surface area contributed by atoms with Gasteiger partial charge < -0.3 is 11.1 Å². The number of hydrogen-bond donors (Lipinski definition) is 2. The molecule has 1 amide bonds. The van der Waals surface area contributed by atoms with Crippen LogP contribution in [0.2, 0.25) is 5.02 Å². The van der Waals surface area contributed by atoms with Gasteiger partial charge in [-0.2, -0.15) is 0 Å². The van der Waals surface area contributed by atoms with Crippen molar-refractivity contribution in [2.24, 2.45) is 5.73 Å². The first kappa shape index (κ1) is 16.6. The van der Waals surface area contributed by atoms with Crippen molar-refractivity contribution < 1.29 is 4.79 Å². The van der Waals surface area contributed by atoms with E-state index in [4.69, 9.17) is 17.3 Å². The highest BCUT2D eigenvalue weighted by atomic mass is 35.5. The molecular formula is C16H22Cl2N2O. The van der Waals surface area contributed by atoms with Gasteiger partial charge in [-0.25, -0.2) is 0 Å². The third kappa shape index (κ3) is 3.53. The molecule has 0 unspecified atom stereocenters. The largest absolute Gasteiger partial charge is 0.353 e. The van der Waals surface area contributed by atoms with Crippen molar-refractivity contribution in [1.29, 1.82) is 0 Å². The van der Waals surface area contributed by atoms with Gasteiger partial charge in [0.15, 0.2) is 0 Å². The molecule has 5 heteroatoms. The molecule has 3 nitrogen and oxygen atoms in total. The Morgan fingerprint density at radius 3 is 2.48 bits per heavy atom. The van der Waals surface area contributed by atoms with E-state index in [-0.39, 0.29) is 23.7 Å². The number of rotatable bonds is 3. The van der Waals surface area contributed by atoms with Crippen molar-refractivity contribution in [1.82, 2.24) is 5.32 Å². The summed E-state index contributed by atoms with van der Waals surface area (Å²) in [5.41, 5.74) is 6.63. The van der Waals surface area contributed by atoms with E-state index >= 15 is 0 Å². The smallest absolute Gasteiger partial charge is 0.230 e. The summed E-state index contributed by atoms with van der Waals surface area (Å²) in [4.78, 5) is 12.6. The molecule has 0 radical (unpaired) electrons. The molecule has 0 atom stereocenters. The standard InChI is InChI=1S/C16H21ClN2O.ClH/c17-12-3-1-2-11(10-12)16(8-9-16)15(20)19-14-6-4-13(18)5-7-14;/h1-3,10,13-14H,4-9,18H2,(H,19,20);1H. The van der Waals surface area contributed by atoms with Crippen molar-refractivity contribution in [2.75, 3.05) is 0 Å². The Morgan fingerprint density at radius 1 is 1.24 bits per heavy atom. The molecule has 1 aromatic carbocycles. The van der Waals surface area contributed by atoms with Crippen molar-refractivity contribution >= 4 is 29.9 Å². The zero-order chi connectivity index (χ0) is 14.2. The summed E-state index contributed by atoms with van der Waals surface area (Å²) in [6.45, 7) is 0. The van der Waals surface area contributed by atoms with E-state index in [2.05, 4.69) is 5.32 Å². The van der Waals surface area contributed by atoms with Crippen LogP contribution in [0.5, 0.6) is 0 Å². The van der Waals surface area contributed by atoms with Crippen LogP contribution in [0.1, 0.15) is 44.1 Å². The number of halogens is 2. The first-order valence-electron chi connectivity index (χ1n) is 7.43. The number of benzene rings is 1. The van der Waals surface area contributed by atoms with Crippen LogP contribution in [0.25, 0.3) is 0 Å². The molecule has 116 valence electrons. The van der Waals surface area contributed by atoms with Crippen LogP contribution in [0, 0.1) is 0 Å². The second-order valence-corrected chi connectivity index (χ2v) is 6.61. The molecule has 2 aliphatic rings. The van der Waals surface area contributed by atoms with E-state index in [0.717, 1.165) is 44.1 Å². The maximum absolute atomic E-state index is 12.6. The number of nitrogens with two attached hydrogens (primary N) is 1. The zero-order valence-electron chi connectivity index (χ0n) is 12.0. The van der Waals surface area contributed by atoms with Crippen LogP contribution >= 0.6 is 24.0 Å². The predicted octanol–water partition coefficient (Wildman–Crippen LogP) is 3.18. The van der Waals surface area contributed by atoms with E-state index in [9.17, 15) is 4.79 Å². The Bertz CT molecular complexity index is 509. The van der Waals surface area contributed by atoms with Crippen LogP contribution in [0.4, 0.5) is 0 Å². The topological polar surface area (TPSA) is 55.1 Å². The Labute approximate surface area is 137 Å². The summed E-state index contributed by atoms with van der Waals surface area (Å²) < 4.78 is 0. The van der Waals surface area contributed by atoms with Gasteiger partial charge in [0.2, 0.25) is 5.91 Å². The van der Waals surface area contributed by atoms with Gasteiger partial charge >= 0.3 is 0 Å². The Kier molecular flexibility index (Phi) is 5.18. The van der Waals surface area contributed by atoms with Gasteiger partial charge in [0.05, 0.1) is 5.41 Å². The summed E-state index contributed by atoms with van der Waals surface area (Å²) in [6.07, 6.45) is 5.86. The maximum atomic E-state index is 12.6. The molecule has 0 bridgehead atoms. The lowest BCUT2D eigenvalue weighted by Gasteiger charge is -2.28. The highest BCUT2D eigenvalue weighted by molar-refractivity contribution is 6.30. The van der Waals surface area contributed by atoms with E-state index < -0.39 is 0 Å². The molecule has 0 heterocycles. The third-order valence-corrected chi connectivity index (χ3v) is 4.90. The fraction of sp³-hybridized carbons (Fsp3) is 0.562. The summed E-state index contributed by atoms with van der Waals surface area (Å²) in [5, 5.41) is 3.92. The molecule has 0 saturated heterocycles. The van der Waals surface area contributed by atoms with Crippen LogP contribution < -0.4 is 11.1 Å². The van der Waals surface area contributed by atoms with Crippen molar-refractivity contribution in [3.05, 3.63) is 34.9 Å². The molecule has 0 aliphatic heterocycles. The predicted molar refractivity (Wildman–Crippen MR) is 88.0 cm³/mol. The molecule has 2 fully saturated rings. The van der Waals surface area contributed by atoms with Gasteiger partial charge in [-0.05, 0) is 56.2 Å². The first-order valence-corrected chi connectivity index (χ1v) is 7.80. The van der Waals surface area contributed by atoms with E-state index in [1.165, 1.54) is 0 Å². The zero-order valence-corrected chi connectivity index (χ0v) is 13.6. The molecular weight excluding hydrogens is 307 g/mol. The average molecular weight is 329 g/mol. The van der Waals surface area contributed by atoms with Crippen LogP contribution in [0.15, 0.2) is 24.3 Å². The normalized spacial score (nSPS) is 26.6. The SMILES string of the molecule is Cl.NC1CCC(NC(=O)C2(c3cccc(Cl)c3)CC2)CC1. The molecule has 0 aromatic heterocycles. The molecule has 1 aromatic rings. The van der Waals surface area contributed by atoms with Crippen molar-refractivity contribution in [2.45, 2.75) is 56.0 Å². The molecule has 3 rings (SSSR count). The van der Waals surface area contributed by atoms with Crippen molar-refractivity contribution in [3.63, 3.8) is 0 Å².